The van der Waals surface area contributed by atoms with Crippen LogP contribution in [0.2, 0.25) is 0 Å². The number of ether oxygens (including phenoxy) is 4. The molecule has 0 spiro atoms. The van der Waals surface area contributed by atoms with Gasteiger partial charge in [0.2, 0.25) is 11.5 Å². The van der Waals surface area contributed by atoms with E-state index in [1.54, 1.807) is 0 Å². The van der Waals surface area contributed by atoms with Crippen LogP contribution in [0.1, 0.15) is 242 Å². The molecule has 0 fully saturated rings. The summed E-state index contributed by atoms with van der Waals surface area (Å²) < 4.78 is 23.1. The summed E-state index contributed by atoms with van der Waals surface area (Å²) in [6, 6.07) is 0. The normalized spacial score (nSPS) is 13.7. The van der Waals surface area contributed by atoms with Crippen molar-refractivity contribution in [1.82, 2.24) is 0 Å². The van der Waals surface area contributed by atoms with Gasteiger partial charge in [-0.1, -0.05) is 130 Å². The van der Waals surface area contributed by atoms with E-state index in [2.05, 4.69) is 137 Å². The summed E-state index contributed by atoms with van der Waals surface area (Å²) in [4.78, 5) is 25.4. The molecule has 0 unspecified atom stereocenters. The number of carbonyl (C=O) groups is 2. The van der Waals surface area contributed by atoms with E-state index >= 15 is 0 Å². The van der Waals surface area contributed by atoms with Crippen LogP contribution in [0.5, 0.6) is 23.0 Å². The Hall–Kier alpha value is -4.84. The van der Waals surface area contributed by atoms with Crippen molar-refractivity contribution < 1.29 is 28.5 Å². The molecule has 6 heteroatoms. The van der Waals surface area contributed by atoms with Gasteiger partial charge in [0, 0.05) is 24.0 Å². The number of methoxy groups -OCH3 is 2. The summed E-state index contributed by atoms with van der Waals surface area (Å²) in [7, 11) is 2.99. The van der Waals surface area contributed by atoms with Crippen LogP contribution in [0, 0.1) is 6.92 Å². The van der Waals surface area contributed by atoms with Crippen molar-refractivity contribution >= 4 is 11.9 Å². The van der Waals surface area contributed by atoms with Gasteiger partial charge in [0.25, 0.3) is 0 Å². The van der Waals surface area contributed by atoms with Gasteiger partial charge in [-0.15, -0.1) is 0 Å². The largest absolute Gasteiger partial charge is 0.490 e. The van der Waals surface area contributed by atoms with Gasteiger partial charge in [-0.2, -0.15) is 0 Å². The molecule has 6 nitrogen and oxygen atoms in total. The molecule has 73 heavy (non-hydrogen) atoms. The Kier molecular flexibility index (Phi) is 35.9. The Bertz CT molecular complexity index is 2150. The first kappa shape index (κ1) is 66.2. The Morgan fingerprint density at radius 3 is 0.849 bits per heavy atom. The first-order chi connectivity index (χ1) is 34.8. The summed E-state index contributed by atoms with van der Waals surface area (Å²) in [5.41, 5.74) is 16.0. The predicted molar refractivity (Wildman–Crippen MR) is 315 cm³/mol. The Morgan fingerprint density at radius 2 is 0.589 bits per heavy atom. The van der Waals surface area contributed by atoms with Crippen LogP contribution in [0.3, 0.4) is 0 Å². The molecule has 0 radical (unpaired) electrons. The van der Waals surface area contributed by atoms with E-state index in [-0.39, 0.29) is 36.3 Å². The lowest BCUT2D eigenvalue weighted by Gasteiger charge is -2.22. The second kappa shape index (κ2) is 39.6. The van der Waals surface area contributed by atoms with Crippen LogP contribution in [-0.4, -0.2) is 26.2 Å². The first-order valence-electron chi connectivity index (χ1n) is 28.1. The van der Waals surface area contributed by atoms with Crippen molar-refractivity contribution in [3.8, 4) is 23.0 Å². The van der Waals surface area contributed by atoms with Crippen molar-refractivity contribution in [2.24, 2.45) is 0 Å². The van der Waals surface area contributed by atoms with Gasteiger partial charge in [-0.05, 0) is 218 Å². The highest BCUT2D eigenvalue weighted by Gasteiger charge is 2.28. The number of esters is 2. The molecule has 0 amide bonds. The molecule has 1 rings (SSSR count). The van der Waals surface area contributed by atoms with Crippen LogP contribution in [-0.2, 0) is 16.0 Å². The van der Waals surface area contributed by atoms with Crippen LogP contribution in [0.4, 0.5) is 0 Å². The molecule has 1 aromatic rings. The van der Waals surface area contributed by atoms with Crippen LogP contribution in [0.15, 0.2) is 116 Å². The van der Waals surface area contributed by atoms with Crippen LogP contribution in [0.25, 0.3) is 0 Å². The summed E-state index contributed by atoms with van der Waals surface area (Å²) in [5.74, 6) is 0.399. The average Bonchev–Trinajstić information content (AvgIpc) is 3.32. The van der Waals surface area contributed by atoms with Crippen molar-refractivity contribution in [2.75, 3.05) is 14.2 Å². The number of carbonyl (C=O) groups excluding carboxylic acids is 2. The van der Waals surface area contributed by atoms with E-state index in [0.29, 0.717) is 36.3 Å². The zero-order valence-corrected chi connectivity index (χ0v) is 49.5. The predicted octanol–water partition coefficient (Wildman–Crippen LogP) is 20.5. The van der Waals surface area contributed by atoms with Gasteiger partial charge in [-0.25, -0.2) is 0 Å². The standard InChI is InChI=1S/C67H104O6/c1-17-28-62(68)72-64-60(14)61(65(73-63(69)29-18-2)67(71-16)66(64)70-15)49-48-59(13)47-27-46-58(12)45-26-44-57(11)43-25-42-56(10)41-24-40-55(9)39-23-38-54(8)37-22-36-53(7)35-21-34-52(6)33-20-32-51(5)31-19-30-50(3)4/h30,32,34,36,38,40,42,44,46,48H,17-29,31,33,35,37,39,41,43,45,47,49H2,1-16H3/b51-32+,52-34+,53-36+,54-38+,55-40+,56-42+,57-44+,58-46+,59-48+. The molecule has 0 atom stereocenters. The van der Waals surface area contributed by atoms with Crippen LogP contribution >= 0.6 is 0 Å². The Balaban J connectivity index is 2.53. The molecule has 0 aliphatic carbocycles. The molecule has 0 bridgehead atoms. The maximum absolute atomic E-state index is 12.7. The first-order valence-corrected chi connectivity index (χ1v) is 28.1. The third-order valence-corrected chi connectivity index (χ3v) is 13.4. The van der Waals surface area contributed by atoms with E-state index in [0.717, 1.165) is 108 Å². The van der Waals surface area contributed by atoms with Gasteiger partial charge < -0.3 is 18.9 Å². The summed E-state index contributed by atoms with van der Waals surface area (Å²) in [6.45, 7) is 30.4. The molecule has 0 aliphatic heterocycles. The van der Waals surface area contributed by atoms with Gasteiger partial charge in [0.1, 0.15) is 0 Å². The molecular formula is C67H104O6. The zero-order valence-electron chi connectivity index (χ0n) is 49.5. The minimum atomic E-state index is -0.352. The highest BCUT2D eigenvalue weighted by atomic mass is 16.6. The molecule has 0 aliphatic rings. The zero-order chi connectivity index (χ0) is 54.6. The molecule has 0 aromatic heterocycles. The summed E-state index contributed by atoms with van der Waals surface area (Å²) >= 11 is 0. The van der Waals surface area contributed by atoms with Gasteiger partial charge in [0.15, 0.2) is 11.5 Å². The minimum absolute atomic E-state index is 0.241. The fourth-order valence-corrected chi connectivity index (χ4v) is 8.56. The minimum Gasteiger partial charge on any atom is -0.490 e. The average molecular weight is 1010 g/mol. The maximum atomic E-state index is 12.7. The van der Waals surface area contributed by atoms with E-state index in [9.17, 15) is 9.59 Å². The molecule has 0 saturated heterocycles. The van der Waals surface area contributed by atoms with Crippen molar-refractivity contribution in [2.45, 2.75) is 245 Å². The Morgan fingerprint density at radius 1 is 0.342 bits per heavy atom. The number of allylic oxidation sites excluding steroid dienone is 20. The SMILES string of the molecule is CCCC(=O)Oc1c(C)c(C/C=C(\C)CC/C=C(\C)CC/C=C(\C)CC/C=C(\C)CC/C=C(\C)CC/C=C(\C)CC/C=C(\C)CC/C=C(\C)CC/C=C(\C)CCC=C(C)C)c(OC(=O)CCC)c(OC)c1OC. The summed E-state index contributed by atoms with van der Waals surface area (Å²) in [6.07, 6.45) is 46.2. The third kappa shape index (κ3) is 30.8. The monoisotopic (exact) mass is 1000 g/mol. The second-order valence-corrected chi connectivity index (χ2v) is 21.1. The molecule has 408 valence electrons. The number of benzene rings is 1. The smallest absolute Gasteiger partial charge is 0.311 e. The lowest BCUT2D eigenvalue weighted by Crippen LogP contribution is -2.14. The third-order valence-electron chi connectivity index (χ3n) is 13.4. The molecule has 0 saturated carbocycles. The fourth-order valence-electron chi connectivity index (χ4n) is 8.56. The highest BCUT2D eigenvalue weighted by molar-refractivity contribution is 5.79. The maximum Gasteiger partial charge on any atom is 0.311 e. The van der Waals surface area contributed by atoms with Crippen molar-refractivity contribution in [3.63, 3.8) is 0 Å². The van der Waals surface area contributed by atoms with Crippen molar-refractivity contribution in [1.29, 1.82) is 0 Å². The Labute approximate surface area is 448 Å². The number of rotatable bonds is 37. The van der Waals surface area contributed by atoms with E-state index in [1.165, 1.54) is 82.8 Å². The lowest BCUT2D eigenvalue weighted by molar-refractivity contribution is -0.135. The van der Waals surface area contributed by atoms with Gasteiger partial charge in [-0.3, -0.25) is 9.59 Å². The van der Waals surface area contributed by atoms with Gasteiger partial charge >= 0.3 is 11.9 Å². The number of hydrogen-bond acceptors (Lipinski definition) is 6. The fraction of sp³-hybridized carbons (Fsp3) is 0.582. The van der Waals surface area contributed by atoms with Gasteiger partial charge in [0.05, 0.1) is 14.2 Å². The van der Waals surface area contributed by atoms with E-state index in [4.69, 9.17) is 18.9 Å². The summed E-state index contributed by atoms with van der Waals surface area (Å²) in [5, 5.41) is 0. The van der Waals surface area contributed by atoms with Crippen LogP contribution < -0.4 is 18.9 Å². The van der Waals surface area contributed by atoms with E-state index < -0.39 is 0 Å². The molecular weight excluding hydrogens is 901 g/mol. The lowest BCUT2D eigenvalue weighted by atomic mass is 9.99. The van der Waals surface area contributed by atoms with Crippen molar-refractivity contribution in [3.05, 3.63) is 128 Å². The quantitative estimate of drug-likeness (QED) is 0.0376. The molecule has 1 aromatic carbocycles. The molecule has 0 heterocycles. The van der Waals surface area contributed by atoms with E-state index in [1.807, 2.05) is 20.8 Å². The second-order valence-electron chi connectivity index (χ2n) is 21.1. The molecule has 0 N–H and O–H groups in total. The highest BCUT2D eigenvalue weighted by Crippen LogP contribution is 2.50. The number of hydrogen-bond donors (Lipinski definition) is 0. The topological polar surface area (TPSA) is 71.1 Å².